The monoisotopic (exact) mass is 217 g/mol. The number of ketones is 1. The van der Waals surface area contributed by atoms with E-state index in [1.807, 2.05) is 12.3 Å². The lowest BCUT2D eigenvalue weighted by molar-refractivity contribution is 0.0978. The summed E-state index contributed by atoms with van der Waals surface area (Å²) >= 11 is 7.18. The first-order valence-corrected chi connectivity index (χ1v) is 5.42. The Bertz CT molecular complexity index is 298. The zero-order valence-electron chi connectivity index (χ0n) is 7.42. The Hall–Kier alpha value is -0.380. The van der Waals surface area contributed by atoms with Crippen LogP contribution < -0.4 is 5.73 Å². The van der Waals surface area contributed by atoms with Gasteiger partial charge < -0.3 is 5.73 Å². The molecular formula is C9H12ClNOS. The van der Waals surface area contributed by atoms with Gasteiger partial charge in [0.1, 0.15) is 0 Å². The summed E-state index contributed by atoms with van der Waals surface area (Å²) in [5.41, 5.74) is 5.67. The maximum atomic E-state index is 11.5. The van der Waals surface area contributed by atoms with Crippen LogP contribution in [0.2, 0.25) is 5.02 Å². The molecule has 1 heterocycles. The van der Waals surface area contributed by atoms with Crippen molar-refractivity contribution in [3.8, 4) is 0 Å². The topological polar surface area (TPSA) is 43.1 Å². The van der Waals surface area contributed by atoms with E-state index in [-0.39, 0.29) is 11.8 Å². The van der Waals surface area contributed by atoms with E-state index >= 15 is 0 Å². The van der Waals surface area contributed by atoms with Gasteiger partial charge in [0, 0.05) is 12.5 Å². The summed E-state index contributed by atoms with van der Waals surface area (Å²) < 4.78 is 0. The summed E-state index contributed by atoms with van der Waals surface area (Å²) in [6.07, 6.45) is 1.20. The number of hydrogen-bond donors (Lipinski definition) is 1. The van der Waals surface area contributed by atoms with Gasteiger partial charge in [0.25, 0.3) is 0 Å². The van der Waals surface area contributed by atoms with Crippen LogP contribution in [0.3, 0.4) is 0 Å². The highest BCUT2D eigenvalue weighted by Crippen LogP contribution is 2.23. The fourth-order valence-electron chi connectivity index (χ4n) is 0.968. The molecule has 1 rings (SSSR count). The van der Waals surface area contributed by atoms with Gasteiger partial charge >= 0.3 is 0 Å². The van der Waals surface area contributed by atoms with Crippen molar-refractivity contribution < 1.29 is 4.79 Å². The maximum Gasteiger partial charge on any atom is 0.175 e. The molecular weight excluding hydrogens is 206 g/mol. The summed E-state index contributed by atoms with van der Waals surface area (Å²) in [6, 6.07) is 1.68. The smallest absolute Gasteiger partial charge is 0.175 e. The first-order chi connectivity index (χ1) is 6.15. The second-order valence-corrected chi connectivity index (χ2v) is 4.22. The molecule has 0 aromatic carbocycles. The Balaban J connectivity index is 2.64. The van der Waals surface area contributed by atoms with Gasteiger partial charge in [-0.1, -0.05) is 18.5 Å². The van der Waals surface area contributed by atoms with Crippen LogP contribution in [-0.2, 0) is 0 Å². The number of rotatable bonds is 4. The second kappa shape index (κ2) is 4.74. The lowest BCUT2D eigenvalue weighted by Gasteiger charge is -2.05. The van der Waals surface area contributed by atoms with E-state index in [0.29, 0.717) is 16.3 Å². The number of carbonyl (C=O) groups excluding carboxylic acids is 1. The number of nitrogens with two attached hydrogens (primary N) is 1. The molecule has 2 N–H and O–H groups in total. The molecule has 0 saturated carbocycles. The molecule has 1 atom stereocenters. The number of carbonyl (C=O) groups is 1. The summed E-state index contributed by atoms with van der Waals surface area (Å²) in [5.74, 6) is 0.0503. The van der Waals surface area contributed by atoms with Crippen molar-refractivity contribution in [3.05, 3.63) is 21.3 Å². The highest BCUT2D eigenvalue weighted by molar-refractivity contribution is 7.12. The summed E-state index contributed by atoms with van der Waals surface area (Å²) in [4.78, 5) is 12.2. The van der Waals surface area contributed by atoms with Gasteiger partial charge in [-0.3, -0.25) is 4.79 Å². The summed E-state index contributed by atoms with van der Waals surface area (Å²) in [5, 5.41) is 2.35. The lowest BCUT2D eigenvalue weighted by atomic mass is 10.1. The molecule has 0 aliphatic carbocycles. The molecule has 13 heavy (non-hydrogen) atoms. The Morgan fingerprint density at radius 2 is 2.46 bits per heavy atom. The zero-order chi connectivity index (χ0) is 9.84. The Morgan fingerprint density at radius 3 is 2.92 bits per heavy atom. The quantitative estimate of drug-likeness (QED) is 0.789. The normalized spacial score (nSPS) is 12.8. The summed E-state index contributed by atoms with van der Waals surface area (Å²) in [7, 11) is 0. The van der Waals surface area contributed by atoms with E-state index in [4.69, 9.17) is 17.3 Å². The van der Waals surface area contributed by atoms with E-state index in [1.54, 1.807) is 6.07 Å². The standard InChI is InChI=1S/C9H12ClNOS/c1-2-6(11)5-8(12)9-7(10)3-4-13-9/h3-4,6H,2,5,11H2,1H3. The number of hydrogen-bond acceptors (Lipinski definition) is 3. The van der Waals surface area contributed by atoms with Crippen molar-refractivity contribution in [1.82, 2.24) is 0 Å². The van der Waals surface area contributed by atoms with Crippen molar-refractivity contribution in [2.45, 2.75) is 25.8 Å². The minimum Gasteiger partial charge on any atom is -0.327 e. The van der Waals surface area contributed by atoms with Gasteiger partial charge in [-0.05, 0) is 17.9 Å². The average molecular weight is 218 g/mol. The van der Waals surface area contributed by atoms with Crippen molar-refractivity contribution in [3.63, 3.8) is 0 Å². The van der Waals surface area contributed by atoms with Crippen LogP contribution in [0.4, 0.5) is 0 Å². The minimum absolute atomic E-state index is 0.0503. The fourth-order valence-corrected chi connectivity index (χ4v) is 2.08. The molecule has 1 aromatic rings. The van der Waals surface area contributed by atoms with Crippen LogP contribution in [0.1, 0.15) is 29.4 Å². The van der Waals surface area contributed by atoms with Crippen molar-refractivity contribution in [2.75, 3.05) is 0 Å². The molecule has 0 spiro atoms. The maximum absolute atomic E-state index is 11.5. The highest BCUT2D eigenvalue weighted by atomic mass is 35.5. The highest BCUT2D eigenvalue weighted by Gasteiger charge is 2.14. The lowest BCUT2D eigenvalue weighted by Crippen LogP contribution is -2.22. The van der Waals surface area contributed by atoms with Gasteiger partial charge in [-0.25, -0.2) is 0 Å². The fraction of sp³-hybridized carbons (Fsp3) is 0.444. The van der Waals surface area contributed by atoms with E-state index in [1.165, 1.54) is 11.3 Å². The average Bonchev–Trinajstić information content (AvgIpc) is 2.51. The predicted molar refractivity (Wildman–Crippen MR) is 56.5 cm³/mol. The van der Waals surface area contributed by atoms with Crippen LogP contribution in [0, 0.1) is 0 Å². The Kier molecular flexibility index (Phi) is 3.90. The van der Waals surface area contributed by atoms with E-state index < -0.39 is 0 Å². The number of halogens is 1. The Labute approximate surface area is 86.7 Å². The molecule has 1 aromatic heterocycles. The molecule has 2 nitrogen and oxygen atoms in total. The first kappa shape index (κ1) is 10.7. The predicted octanol–water partition coefficient (Wildman–Crippen LogP) is 2.71. The molecule has 4 heteroatoms. The molecule has 1 unspecified atom stereocenters. The third-order valence-electron chi connectivity index (χ3n) is 1.84. The Morgan fingerprint density at radius 1 is 1.77 bits per heavy atom. The minimum atomic E-state index is -0.0503. The van der Waals surface area contributed by atoms with Crippen molar-refractivity contribution in [2.24, 2.45) is 5.73 Å². The first-order valence-electron chi connectivity index (χ1n) is 4.17. The van der Waals surface area contributed by atoms with Crippen LogP contribution in [0.15, 0.2) is 11.4 Å². The number of thiophene rings is 1. The third-order valence-corrected chi connectivity index (χ3v) is 3.22. The van der Waals surface area contributed by atoms with Gasteiger partial charge in [-0.2, -0.15) is 0 Å². The molecule has 0 aliphatic heterocycles. The van der Waals surface area contributed by atoms with Crippen molar-refractivity contribution >= 4 is 28.7 Å². The van der Waals surface area contributed by atoms with Gasteiger partial charge in [0.15, 0.2) is 5.78 Å². The molecule has 0 fully saturated rings. The molecule has 0 saturated heterocycles. The van der Waals surface area contributed by atoms with Gasteiger partial charge in [0.2, 0.25) is 0 Å². The van der Waals surface area contributed by atoms with E-state index in [2.05, 4.69) is 0 Å². The van der Waals surface area contributed by atoms with E-state index in [0.717, 1.165) is 6.42 Å². The molecule has 0 radical (unpaired) electrons. The van der Waals surface area contributed by atoms with Crippen LogP contribution in [-0.4, -0.2) is 11.8 Å². The summed E-state index contributed by atoms with van der Waals surface area (Å²) in [6.45, 7) is 1.97. The molecule has 0 bridgehead atoms. The second-order valence-electron chi connectivity index (χ2n) is 2.89. The largest absolute Gasteiger partial charge is 0.327 e. The van der Waals surface area contributed by atoms with Crippen LogP contribution in [0.5, 0.6) is 0 Å². The number of Topliss-reactive ketones (excluding diaryl/α,β-unsaturated/α-hetero) is 1. The molecule has 72 valence electrons. The van der Waals surface area contributed by atoms with Gasteiger partial charge in [0.05, 0.1) is 9.90 Å². The zero-order valence-corrected chi connectivity index (χ0v) is 8.99. The van der Waals surface area contributed by atoms with Crippen molar-refractivity contribution in [1.29, 1.82) is 0 Å². The SMILES string of the molecule is CCC(N)CC(=O)c1sccc1Cl. The van der Waals surface area contributed by atoms with Gasteiger partial charge in [-0.15, -0.1) is 11.3 Å². The van der Waals surface area contributed by atoms with Crippen LogP contribution >= 0.6 is 22.9 Å². The third kappa shape index (κ3) is 2.79. The molecule has 0 amide bonds. The van der Waals surface area contributed by atoms with E-state index in [9.17, 15) is 4.79 Å². The molecule has 0 aliphatic rings. The van der Waals surface area contributed by atoms with Crippen LogP contribution in [0.25, 0.3) is 0 Å².